The van der Waals surface area contributed by atoms with Crippen molar-refractivity contribution in [2.24, 2.45) is 11.8 Å². The van der Waals surface area contributed by atoms with E-state index in [1.54, 1.807) is 30.3 Å². The van der Waals surface area contributed by atoms with Crippen molar-refractivity contribution in [2.45, 2.75) is 82.2 Å². The molecule has 4 heterocycles. The maximum Gasteiger partial charge on any atom is 0.266 e. The largest absolute Gasteiger partial charge is 0.434 e. The summed E-state index contributed by atoms with van der Waals surface area (Å²) in [6.07, 6.45) is 5.62. The Balaban J connectivity index is 1.24. The number of aromatic nitrogens is 1. The number of sulfonamides is 1. The molecule has 0 bridgehead atoms. The lowest BCUT2D eigenvalue weighted by Gasteiger charge is -2.31. The van der Waals surface area contributed by atoms with Crippen molar-refractivity contribution in [3.63, 3.8) is 0 Å². The molecule has 3 fully saturated rings. The average molecular weight is 757 g/mol. The molecule has 2 aromatic carbocycles. The zero-order valence-corrected chi connectivity index (χ0v) is 31.1. The van der Waals surface area contributed by atoms with Crippen LogP contribution in [0.5, 0.6) is 0 Å². The number of nitrogens with zero attached hydrogens (tertiary/aromatic N) is 2. The number of carbonyl (C=O) groups is 3. The van der Waals surface area contributed by atoms with E-state index in [-0.39, 0.29) is 31.4 Å². The topological polar surface area (TPSA) is 172 Å². The van der Waals surface area contributed by atoms with Gasteiger partial charge in [0.2, 0.25) is 27.6 Å². The summed E-state index contributed by atoms with van der Waals surface area (Å²) in [7, 11) is -3.76. The maximum atomic E-state index is 14.4. The molecule has 3 saturated heterocycles. The number of oxazole rings is 1. The average Bonchev–Trinajstić information content (AvgIpc) is 3.78. The number of hydrogen-bond acceptors (Lipinski definition) is 10. The highest BCUT2D eigenvalue weighted by atomic mass is 35.5. The van der Waals surface area contributed by atoms with Crippen LogP contribution in [0.25, 0.3) is 11.1 Å². The number of ether oxygens (including phenoxy) is 1. The first kappa shape index (κ1) is 38.3. The summed E-state index contributed by atoms with van der Waals surface area (Å²) in [6, 6.07) is 11.3. The van der Waals surface area contributed by atoms with E-state index < -0.39 is 51.9 Å². The molecule has 0 unspecified atom stereocenters. The van der Waals surface area contributed by atoms with E-state index in [0.717, 1.165) is 63.7 Å². The first-order valence-corrected chi connectivity index (χ1v) is 20.5. The van der Waals surface area contributed by atoms with Gasteiger partial charge in [0.25, 0.3) is 5.89 Å². The molecule has 3 aromatic rings. The number of ketones is 1. The predicted octanol–water partition coefficient (Wildman–Crippen LogP) is 3.42. The highest BCUT2D eigenvalue weighted by molar-refractivity contribution is 7.88. The van der Waals surface area contributed by atoms with E-state index in [4.69, 9.17) is 20.8 Å². The first-order valence-electron chi connectivity index (χ1n) is 18.3. The van der Waals surface area contributed by atoms with Gasteiger partial charge in [-0.15, -0.1) is 0 Å². The van der Waals surface area contributed by atoms with Gasteiger partial charge in [0.05, 0.1) is 25.0 Å². The molecular formula is C37H49ClN6O7S. The van der Waals surface area contributed by atoms with Crippen LogP contribution in [0.2, 0.25) is 5.02 Å². The van der Waals surface area contributed by atoms with Gasteiger partial charge in [0, 0.05) is 18.0 Å². The molecule has 0 radical (unpaired) electrons. The third-order valence-electron chi connectivity index (χ3n) is 10.4. The summed E-state index contributed by atoms with van der Waals surface area (Å²) in [6.45, 7) is 3.69. The molecule has 0 spiro atoms. The van der Waals surface area contributed by atoms with Crippen LogP contribution in [0.1, 0.15) is 67.6 Å². The van der Waals surface area contributed by atoms with Gasteiger partial charge in [0.15, 0.2) is 5.58 Å². The van der Waals surface area contributed by atoms with Crippen LogP contribution < -0.4 is 20.7 Å². The molecule has 6 rings (SSSR count). The Labute approximate surface area is 310 Å². The van der Waals surface area contributed by atoms with Gasteiger partial charge in [0.1, 0.15) is 17.6 Å². The number of piperidine rings is 2. The van der Waals surface area contributed by atoms with Crippen molar-refractivity contribution in [3.05, 3.63) is 65.0 Å². The van der Waals surface area contributed by atoms with Crippen molar-refractivity contribution in [3.8, 4) is 0 Å². The number of para-hydroxylation sites is 2. The van der Waals surface area contributed by atoms with Gasteiger partial charge in [-0.3, -0.25) is 14.4 Å². The molecule has 1 aromatic heterocycles. The van der Waals surface area contributed by atoms with E-state index in [1.165, 1.54) is 4.90 Å². The molecule has 15 heteroatoms. The summed E-state index contributed by atoms with van der Waals surface area (Å²) in [5, 5.41) is 10.3. The fraction of sp³-hybridized carbons (Fsp3) is 0.568. The molecule has 3 aliphatic rings. The van der Waals surface area contributed by atoms with Crippen LogP contribution in [0.4, 0.5) is 0 Å². The Kier molecular flexibility index (Phi) is 13.0. The third kappa shape index (κ3) is 10.4. The number of likely N-dealkylation sites (tertiary alicyclic amines) is 1. The summed E-state index contributed by atoms with van der Waals surface area (Å²) in [5.74, 6) is -0.981. The minimum atomic E-state index is -3.76. The minimum absolute atomic E-state index is 0.0812. The standard InChI is InChI=1S/C37H49ClN6O7S/c1-52(48,49)43-30(11-8-24-12-16-39-17-13-24)37(47)44-22-28(50-23-26-6-9-27(38)10-7-26)21-32(44)35(46)41-31(20-25-14-18-40-19-15-25)34(45)36-42-29-4-2-3-5-33(29)51-36/h2-7,9-10,24-25,28,30-32,39-40,43H,8,11-23H2,1H3,(H,41,46)/t28-,30-,31+,32+/m1/s1. The number of amides is 2. The zero-order valence-electron chi connectivity index (χ0n) is 29.5. The lowest BCUT2D eigenvalue weighted by molar-refractivity contribution is -0.140. The molecule has 2 amide bonds. The van der Waals surface area contributed by atoms with Crippen molar-refractivity contribution in [2.75, 3.05) is 39.0 Å². The number of fused-ring (bicyclic) bond motifs is 1. The van der Waals surface area contributed by atoms with Gasteiger partial charge < -0.3 is 30.0 Å². The Morgan fingerprint density at radius 1 is 0.981 bits per heavy atom. The second-order valence-electron chi connectivity index (χ2n) is 14.4. The van der Waals surface area contributed by atoms with Crippen LogP contribution in [-0.2, 0) is 31.0 Å². The second kappa shape index (κ2) is 17.6. The van der Waals surface area contributed by atoms with Crippen LogP contribution in [0, 0.1) is 11.8 Å². The maximum absolute atomic E-state index is 14.4. The highest BCUT2D eigenvalue weighted by Gasteiger charge is 2.44. The van der Waals surface area contributed by atoms with Crippen LogP contribution >= 0.6 is 11.6 Å². The quantitative estimate of drug-likeness (QED) is 0.169. The van der Waals surface area contributed by atoms with Crippen LogP contribution in [-0.4, -0.2) is 99.1 Å². The fourth-order valence-corrected chi connectivity index (χ4v) is 8.41. The minimum Gasteiger partial charge on any atom is -0.434 e. The van der Waals surface area contributed by atoms with E-state index in [0.29, 0.717) is 41.3 Å². The first-order chi connectivity index (χ1) is 25.0. The fourth-order valence-electron chi connectivity index (χ4n) is 7.55. The Hall–Kier alpha value is -3.40. The lowest BCUT2D eigenvalue weighted by Crippen LogP contribution is -2.55. The SMILES string of the molecule is CS(=O)(=O)N[C@H](CCC1CCNCC1)C(=O)N1C[C@H](OCc2ccc(Cl)cc2)C[C@H]1C(=O)N[C@@H](CC1CCNCC1)C(=O)c1nc2ccccc2o1. The zero-order chi connectivity index (χ0) is 36.7. The Morgan fingerprint density at radius 3 is 2.33 bits per heavy atom. The summed E-state index contributed by atoms with van der Waals surface area (Å²) < 4.78 is 39.7. The van der Waals surface area contributed by atoms with E-state index in [1.807, 2.05) is 18.2 Å². The van der Waals surface area contributed by atoms with Gasteiger partial charge in [-0.25, -0.2) is 18.1 Å². The Morgan fingerprint density at radius 2 is 1.65 bits per heavy atom. The molecule has 282 valence electrons. The predicted molar refractivity (Wildman–Crippen MR) is 197 cm³/mol. The third-order valence-corrected chi connectivity index (χ3v) is 11.4. The molecule has 4 atom stereocenters. The number of Topliss-reactive ketones (excluding diaryl/α,β-unsaturated/α-hetero) is 1. The van der Waals surface area contributed by atoms with Crippen molar-refractivity contribution in [1.29, 1.82) is 0 Å². The number of benzene rings is 2. The molecular weight excluding hydrogens is 708 g/mol. The van der Waals surface area contributed by atoms with E-state index in [9.17, 15) is 22.8 Å². The molecule has 0 aliphatic carbocycles. The number of rotatable bonds is 15. The monoisotopic (exact) mass is 756 g/mol. The second-order valence-corrected chi connectivity index (χ2v) is 16.6. The number of nitrogens with one attached hydrogen (secondary N) is 4. The summed E-state index contributed by atoms with van der Waals surface area (Å²) >= 11 is 6.06. The number of hydrogen-bond donors (Lipinski definition) is 4. The van der Waals surface area contributed by atoms with E-state index >= 15 is 0 Å². The molecule has 0 saturated carbocycles. The number of halogens is 1. The smallest absolute Gasteiger partial charge is 0.266 e. The van der Waals surface area contributed by atoms with Crippen molar-refractivity contribution in [1.82, 2.24) is 30.6 Å². The summed E-state index contributed by atoms with van der Waals surface area (Å²) in [4.78, 5) is 48.6. The van der Waals surface area contributed by atoms with Gasteiger partial charge in [-0.2, -0.15) is 0 Å². The van der Waals surface area contributed by atoms with Gasteiger partial charge in [-0.05, 0) is 113 Å². The Bertz CT molecular complexity index is 1760. The highest BCUT2D eigenvalue weighted by Crippen LogP contribution is 2.28. The molecule has 13 nitrogen and oxygen atoms in total. The van der Waals surface area contributed by atoms with Gasteiger partial charge in [-0.1, -0.05) is 35.9 Å². The van der Waals surface area contributed by atoms with E-state index in [2.05, 4.69) is 25.7 Å². The normalized spacial score (nSPS) is 21.6. The number of carbonyl (C=O) groups excluding carboxylic acids is 3. The van der Waals surface area contributed by atoms with Crippen LogP contribution in [0.3, 0.4) is 0 Å². The lowest BCUT2D eigenvalue weighted by atomic mass is 9.89. The molecule has 52 heavy (non-hydrogen) atoms. The van der Waals surface area contributed by atoms with Crippen molar-refractivity contribution < 1.29 is 32.0 Å². The molecule has 3 aliphatic heterocycles. The van der Waals surface area contributed by atoms with Crippen LogP contribution in [0.15, 0.2) is 52.9 Å². The molecule has 4 N–H and O–H groups in total. The van der Waals surface area contributed by atoms with Crippen molar-refractivity contribution >= 4 is 50.3 Å². The summed E-state index contributed by atoms with van der Waals surface area (Å²) in [5.41, 5.74) is 1.89. The van der Waals surface area contributed by atoms with Gasteiger partial charge >= 0.3 is 0 Å².